The molecule has 134 valence electrons. The van der Waals surface area contributed by atoms with E-state index in [4.69, 9.17) is 16.3 Å². The van der Waals surface area contributed by atoms with E-state index in [2.05, 4.69) is 11.6 Å². The largest absolute Gasteiger partial charge is 0.497 e. The summed E-state index contributed by atoms with van der Waals surface area (Å²) in [7, 11) is 1.62. The number of ether oxygens (including phenoxy) is 1. The molecule has 26 heavy (non-hydrogen) atoms. The van der Waals surface area contributed by atoms with E-state index < -0.39 is 0 Å². The molecule has 0 unspecified atom stereocenters. The summed E-state index contributed by atoms with van der Waals surface area (Å²) in [6.07, 6.45) is 1.72. The SMILES string of the molecule is C=CCN(Cc1ccc(Cl)s1)C(=O)c1cc2cc(OC)ccc2nc1C. The van der Waals surface area contributed by atoms with Crippen molar-refractivity contribution in [3.8, 4) is 5.75 Å². The van der Waals surface area contributed by atoms with E-state index in [1.807, 2.05) is 43.3 Å². The first-order valence-corrected chi connectivity index (χ1v) is 9.31. The Morgan fingerprint density at radius 2 is 2.15 bits per heavy atom. The Balaban J connectivity index is 1.97. The Kier molecular flexibility index (Phi) is 5.59. The Morgan fingerprint density at radius 1 is 1.35 bits per heavy atom. The van der Waals surface area contributed by atoms with Crippen molar-refractivity contribution in [3.05, 3.63) is 69.5 Å². The van der Waals surface area contributed by atoms with Crippen molar-refractivity contribution in [2.75, 3.05) is 13.7 Å². The van der Waals surface area contributed by atoms with E-state index >= 15 is 0 Å². The molecule has 0 saturated carbocycles. The fourth-order valence-electron chi connectivity index (χ4n) is 2.76. The molecule has 2 heterocycles. The van der Waals surface area contributed by atoms with Gasteiger partial charge in [0.15, 0.2) is 0 Å². The van der Waals surface area contributed by atoms with Gasteiger partial charge < -0.3 is 9.64 Å². The third kappa shape index (κ3) is 3.89. The third-order valence-corrected chi connectivity index (χ3v) is 5.27. The highest BCUT2D eigenvalue weighted by Crippen LogP contribution is 2.25. The van der Waals surface area contributed by atoms with Crippen LogP contribution in [0.25, 0.3) is 10.9 Å². The fourth-order valence-corrected chi connectivity index (χ4v) is 3.87. The maximum absolute atomic E-state index is 13.1. The topological polar surface area (TPSA) is 42.4 Å². The van der Waals surface area contributed by atoms with E-state index in [1.165, 1.54) is 11.3 Å². The number of hydrogen-bond acceptors (Lipinski definition) is 4. The summed E-state index contributed by atoms with van der Waals surface area (Å²) >= 11 is 7.48. The molecular weight excluding hydrogens is 368 g/mol. The molecule has 6 heteroatoms. The van der Waals surface area contributed by atoms with E-state index in [9.17, 15) is 4.79 Å². The number of fused-ring (bicyclic) bond motifs is 1. The minimum Gasteiger partial charge on any atom is -0.497 e. The van der Waals surface area contributed by atoms with Crippen LogP contribution >= 0.6 is 22.9 Å². The summed E-state index contributed by atoms with van der Waals surface area (Å²) in [5, 5.41) is 0.871. The van der Waals surface area contributed by atoms with E-state index in [0.29, 0.717) is 28.7 Å². The van der Waals surface area contributed by atoms with Crippen molar-refractivity contribution in [2.45, 2.75) is 13.5 Å². The number of hydrogen-bond donors (Lipinski definition) is 0. The summed E-state index contributed by atoms with van der Waals surface area (Å²) in [6.45, 7) is 6.55. The molecule has 2 aromatic heterocycles. The van der Waals surface area contributed by atoms with Crippen molar-refractivity contribution in [1.29, 1.82) is 0 Å². The van der Waals surface area contributed by atoms with Crippen LogP contribution in [0.15, 0.2) is 49.1 Å². The predicted molar refractivity (Wildman–Crippen MR) is 107 cm³/mol. The van der Waals surface area contributed by atoms with Crippen LogP contribution in [-0.4, -0.2) is 29.4 Å². The Bertz CT molecular complexity index is 968. The number of nitrogens with zero attached hydrogens (tertiary/aromatic N) is 2. The summed E-state index contributed by atoms with van der Waals surface area (Å²) in [4.78, 5) is 20.5. The monoisotopic (exact) mass is 386 g/mol. The number of amides is 1. The second kappa shape index (κ2) is 7.89. The van der Waals surface area contributed by atoms with Gasteiger partial charge in [0.1, 0.15) is 5.75 Å². The maximum Gasteiger partial charge on any atom is 0.256 e. The Morgan fingerprint density at radius 3 is 2.81 bits per heavy atom. The van der Waals surface area contributed by atoms with Gasteiger partial charge in [0.25, 0.3) is 5.91 Å². The van der Waals surface area contributed by atoms with Crippen LogP contribution in [0.3, 0.4) is 0 Å². The van der Waals surface area contributed by atoms with Crippen LogP contribution < -0.4 is 4.74 Å². The third-order valence-electron chi connectivity index (χ3n) is 4.06. The number of halogens is 1. The summed E-state index contributed by atoms with van der Waals surface area (Å²) < 4.78 is 5.98. The quantitative estimate of drug-likeness (QED) is 0.554. The van der Waals surface area contributed by atoms with E-state index in [-0.39, 0.29) is 5.91 Å². The fraction of sp³-hybridized carbons (Fsp3) is 0.200. The first-order valence-electron chi connectivity index (χ1n) is 8.11. The van der Waals surface area contributed by atoms with Gasteiger partial charge in [-0.15, -0.1) is 17.9 Å². The average molecular weight is 387 g/mol. The Labute approximate surface area is 161 Å². The predicted octanol–water partition coefficient (Wildman–Crippen LogP) is 5.10. The summed E-state index contributed by atoms with van der Waals surface area (Å²) in [5.41, 5.74) is 2.11. The minimum atomic E-state index is -0.0795. The van der Waals surface area contributed by atoms with Crippen LogP contribution in [0.5, 0.6) is 5.75 Å². The molecule has 0 aliphatic heterocycles. The lowest BCUT2D eigenvalue weighted by molar-refractivity contribution is 0.0763. The van der Waals surface area contributed by atoms with Crippen molar-refractivity contribution in [3.63, 3.8) is 0 Å². The lowest BCUT2D eigenvalue weighted by atomic mass is 10.1. The van der Waals surface area contributed by atoms with Crippen LogP contribution in [0.1, 0.15) is 20.9 Å². The standard InChI is InChI=1S/C20H19ClN2O2S/c1-4-9-23(12-16-6-8-19(21)26-16)20(24)17-11-14-10-15(25-3)5-7-18(14)22-13(17)2/h4-8,10-11H,1,9,12H2,2-3H3. The molecule has 0 bridgehead atoms. The summed E-state index contributed by atoms with van der Waals surface area (Å²) in [5.74, 6) is 0.655. The molecule has 0 aliphatic carbocycles. The Hall–Kier alpha value is -2.37. The smallest absolute Gasteiger partial charge is 0.256 e. The maximum atomic E-state index is 13.1. The molecule has 1 amide bonds. The molecule has 1 aromatic carbocycles. The van der Waals surface area contributed by atoms with Gasteiger partial charge in [-0.1, -0.05) is 17.7 Å². The van der Waals surface area contributed by atoms with Crippen LogP contribution in [0, 0.1) is 6.92 Å². The zero-order valence-electron chi connectivity index (χ0n) is 14.7. The normalized spacial score (nSPS) is 10.7. The summed E-state index contributed by atoms with van der Waals surface area (Å²) in [6, 6.07) is 11.3. The van der Waals surface area contributed by atoms with Gasteiger partial charge in [-0.2, -0.15) is 0 Å². The highest BCUT2D eigenvalue weighted by molar-refractivity contribution is 7.16. The van der Waals surface area contributed by atoms with Crippen LogP contribution in [0.4, 0.5) is 0 Å². The molecule has 0 atom stereocenters. The zero-order chi connectivity index (χ0) is 18.7. The molecule has 0 N–H and O–H groups in total. The van der Waals surface area contributed by atoms with Gasteiger partial charge >= 0.3 is 0 Å². The van der Waals surface area contributed by atoms with Gasteiger partial charge in [0.05, 0.1) is 34.8 Å². The number of benzene rings is 1. The number of aromatic nitrogens is 1. The van der Waals surface area contributed by atoms with Crippen molar-refractivity contribution in [1.82, 2.24) is 9.88 Å². The molecular formula is C20H19ClN2O2S. The van der Waals surface area contributed by atoms with Crippen molar-refractivity contribution < 1.29 is 9.53 Å². The molecule has 0 radical (unpaired) electrons. The molecule has 0 spiro atoms. The van der Waals surface area contributed by atoms with Gasteiger partial charge in [0.2, 0.25) is 0 Å². The van der Waals surface area contributed by atoms with Gasteiger partial charge in [0, 0.05) is 16.8 Å². The number of rotatable bonds is 6. The number of carbonyl (C=O) groups excluding carboxylic acids is 1. The minimum absolute atomic E-state index is 0.0795. The van der Waals surface area contributed by atoms with Crippen LogP contribution in [-0.2, 0) is 6.54 Å². The lowest BCUT2D eigenvalue weighted by Crippen LogP contribution is -2.31. The number of methoxy groups -OCH3 is 1. The first-order chi connectivity index (χ1) is 12.5. The van der Waals surface area contributed by atoms with Crippen LogP contribution in [0.2, 0.25) is 4.34 Å². The number of aryl methyl sites for hydroxylation is 1. The zero-order valence-corrected chi connectivity index (χ0v) is 16.2. The van der Waals surface area contributed by atoms with Gasteiger partial charge in [-0.3, -0.25) is 9.78 Å². The second-order valence-electron chi connectivity index (χ2n) is 5.86. The second-order valence-corrected chi connectivity index (χ2v) is 7.66. The van der Waals surface area contributed by atoms with Gasteiger partial charge in [-0.25, -0.2) is 0 Å². The average Bonchev–Trinajstić information content (AvgIpc) is 3.04. The lowest BCUT2D eigenvalue weighted by Gasteiger charge is -2.21. The van der Waals surface area contributed by atoms with Crippen molar-refractivity contribution >= 4 is 39.7 Å². The van der Waals surface area contributed by atoms with Gasteiger partial charge in [-0.05, 0) is 43.3 Å². The molecule has 3 rings (SSSR count). The molecule has 0 saturated heterocycles. The van der Waals surface area contributed by atoms with E-state index in [1.54, 1.807) is 18.1 Å². The number of thiophene rings is 1. The molecule has 0 aliphatic rings. The molecule has 3 aromatic rings. The molecule has 4 nitrogen and oxygen atoms in total. The molecule has 0 fully saturated rings. The number of pyridine rings is 1. The van der Waals surface area contributed by atoms with E-state index in [0.717, 1.165) is 21.5 Å². The first kappa shape index (κ1) is 18.4. The highest BCUT2D eigenvalue weighted by atomic mass is 35.5. The highest BCUT2D eigenvalue weighted by Gasteiger charge is 2.19. The van der Waals surface area contributed by atoms with Crippen molar-refractivity contribution in [2.24, 2.45) is 0 Å². The number of carbonyl (C=O) groups is 1.